The molecule has 0 aromatic carbocycles. The van der Waals surface area contributed by atoms with E-state index in [1.165, 1.54) is 12.2 Å². The fraction of sp³-hybridized carbons (Fsp3) is 0.400. The largest absolute Gasteiger partial charge is 0.589 e. The van der Waals surface area contributed by atoms with Gasteiger partial charge in [0.1, 0.15) is 0 Å². The minimum Gasteiger partial charge on any atom is -0.396 e. The SMILES string of the molecule is O=C(C=CCCO)OP(=O)(O)OC(=O)C=CCCO. The number of phosphoric acid groups is 1. The number of hydrogen-bond donors (Lipinski definition) is 3. The summed E-state index contributed by atoms with van der Waals surface area (Å²) >= 11 is 0. The molecule has 0 saturated carbocycles. The Bertz CT molecular complexity index is 366. The first-order chi connectivity index (χ1) is 8.91. The summed E-state index contributed by atoms with van der Waals surface area (Å²) in [4.78, 5) is 31.1. The number of aliphatic hydroxyl groups is 2. The average molecular weight is 294 g/mol. The molecule has 8 nitrogen and oxygen atoms in total. The molecular weight excluding hydrogens is 279 g/mol. The van der Waals surface area contributed by atoms with E-state index in [0.29, 0.717) is 0 Å². The maximum Gasteiger partial charge on any atom is 0.589 e. The lowest BCUT2D eigenvalue weighted by atomic mass is 10.4. The molecule has 9 heteroatoms. The van der Waals surface area contributed by atoms with Gasteiger partial charge in [0.25, 0.3) is 0 Å². The molecule has 0 saturated heterocycles. The summed E-state index contributed by atoms with van der Waals surface area (Å²) in [6.07, 6.45) is 4.46. The summed E-state index contributed by atoms with van der Waals surface area (Å²) in [5.74, 6) is -2.35. The lowest BCUT2D eigenvalue weighted by molar-refractivity contribution is -0.134. The zero-order chi connectivity index (χ0) is 14.7. The van der Waals surface area contributed by atoms with Crippen LogP contribution >= 0.6 is 7.82 Å². The number of carbonyl (C=O) groups is 2. The Hall–Kier alpha value is -1.47. The topological polar surface area (TPSA) is 130 Å². The second kappa shape index (κ2) is 9.46. The molecule has 0 atom stereocenters. The Morgan fingerprint density at radius 2 is 1.32 bits per heavy atom. The third-order valence-corrected chi connectivity index (χ3v) is 2.33. The predicted octanol–water partition coefficient (Wildman–Crippen LogP) is 0.0504. The molecule has 108 valence electrons. The number of hydrogen-bond acceptors (Lipinski definition) is 7. The third kappa shape index (κ3) is 10.2. The maximum absolute atomic E-state index is 11.2. The summed E-state index contributed by atoms with van der Waals surface area (Å²) in [5.41, 5.74) is 0. The van der Waals surface area contributed by atoms with Crippen molar-refractivity contribution in [2.24, 2.45) is 0 Å². The molecule has 0 rings (SSSR count). The molecule has 0 heterocycles. The van der Waals surface area contributed by atoms with Crippen LogP contribution in [0.15, 0.2) is 24.3 Å². The van der Waals surface area contributed by atoms with Gasteiger partial charge in [-0.1, -0.05) is 12.2 Å². The molecule has 0 spiro atoms. The van der Waals surface area contributed by atoms with Crippen LogP contribution in [0.25, 0.3) is 0 Å². The fourth-order valence-corrected chi connectivity index (χ4v) is 1.43. The Labute approximate surface area is 109 Å². The second-order valence-electron chi connectivity index (χ2n) is 3.12. The van der Waals surface area contributed by atoms with Crippen molar-refractivity contribution in [2.75, 3.05) is 13.2 Å². The number of aliphatic hydroxyl groups excluding tert-OH is 2. The van der Waals surface area contributed by atoms with Crippen LogP contribution in [0.2, 0.25) is 0 Å². The van der Waals surface area contributed by atoms with Crippen LogP contribution in [0.4, 0.5) is 0 Å². The van der Waals surface area contributed by atoms with Gasteiger partial charge in [0.15, 0.2) is 0 Å². The van der Waals surface area contributed by atoms with Crippen molar-refractivity contribution in [3.8, 4) is 0 Å². The first kappa shape index (κ1) is 17.5. The van der Waals surface area contributed by atoms with Gasteiger partial charge in [-0.15, -0.1) is 0 Å². The highest BCUT2D eigenvalue weighted by atomic mass is 31.2. The number of phosphoric ester groups is 1. The first-order valence-electron chi connectivity index (χ1n) is 5.26. The van der Waals surface area contributed by atoms with Crippen molar-refractivity contribution in [3.63, 3.8) is 0 Å². The summed E-state index contributed by atoms with van der Waals surface area (Å²) in [7, 11) is -4.83. The van der Waals surface area contributed by atoms with E-state index >= 15 is 0 Å². The molecule has 0 radical (unpaired) electrons. The molecule has 0 bridgehead atoms. The van der Waals surface area contributed by atoms with Crippen LogP contribution in [-0.2, 0) is 23.2 Å². The van der Waals surface area contributed by atoms with Gasteiger partial charge < -0.3 is 19.3 Å². The second-order valence-corrected chi connectivity index (χ2v) is 4.42. The van der Waals surface area contributed by atoms with Gasteiger partial charge in [-0.3, -0.25) is 4.89 Å². The van der Waals surface area contributed by atoms with Crippen LogP contribution in [0, 0.1) is 0 Å². The Kier molecular flexibility index (Phi) is 8.73. The van der Waals surface area contributed by atoms with Crippen molar-refractivity contribution in [3.05, 3.63) is 24.3 Å². The zero-order valence-corrected chi connectivity index (χ0v) is 10.9. The number of rotatable bonds is 8. The van der Waals surface area contributed by atoms with Crippen LogP contribution in [0.3, 0.4) is 0 Å². The first-order valence-corrected chi connectivity index (χ1v) is 6.75. The molecule has 0 aromatic heterocycles. The lowest BCUT2D eigenvalue weighted by Gasteiger charge is -2.08. The van der Waals surface area contributed by atoms with Crippen LogP contribution in [-0.4, -0.2) is 40.3 Å². The normalized spacial score (nSPS) is 14.5. The van der Waals surface area contributed by atoms with E-state index in [0.717, 1.165) is 12.2 Å². The highest BCUT2D eigenvalue weighted by Gasteiger charge is 2.28. The fourth-order valence-electron chi connectivity index (χ4n) is 0.815. The molecule has 3 N–H and O–H groups in total. The molecule has 0 unspecified atom stereocenters. The van der Waals surface area contributed by atoms with Gasteiger partial charge in [0, 0.05) is 25.4 Å². The van der Waals surface area contributed by atoms with Gasteiger partial charge in [0.2, 0.25) is 0 Å². The molecule has 0 amide bonds. The van der Waals surface area contributed by atoms with Gasteiger partial charge in [-0.05, 0) is 12.8 Å². The quantitative estimate of drug-likeness (QED) is 0.423. The van der Waals surface area contributed by atoms with E-state index in [1.807, 2.05) is 0 Å². The van der Waals surface area contributed by atoms with E-state index in [4.69, 9.17) is 15.1 Å². The van der Waals surface area contributed by atoms with Crippen molar-refractivity contribution in [2.45, 2.75) is 12.8 Å². The van der Waals surface area contributed by atoms with Crippen molar-refractivity contribution < 1.29 is 38.3 Å². The highest BCUT2D eigenvalue weighted by Crippen LogP contribution is 2.43. The van der Waals surface area contributed by atoms with Gasteiger partial charge >= 0.3 is 19.8 Å². The van der Waals surface area contributed by atoms with E-state index in [9.17, 15) is 14.2 Å². The average Bonchev–Trinajstić information content (AvgIpc) is 2.28. The van der Waals surface area contributed by atoms with E-state index in [1.54, 1.807) is 0 Å². The Balaban J connectivity index is 4.28. The minimum atomic E-state index is -4.83. The smallest absolute Gasteiger partial charge is 0.396 e. The molecule has 19 heavy (non-hydrogen) atoms. The third-order valence-electron chi connectivity index (χ3n) is 1.51. The van der Waals surface area contributed by atoms with Crippen molar-refractivity contribution in [1.29, 1.82) is 0 Å². The standard InChI is InChI=1S/C10H15O8P/c11-7-3-1-5-9(13)17-19(15,16)18-10(14)6-2-4-8-12/h1-2,5-6,11-12H,3-4,7-8H2,(H,15,16). The lowest BCUT2D eigenvalue weighted by Crippen LogP contribution is -2.05. The monoisotopic (exact) mass is 294 g/mol. The van der Waals surface area contributed by atoms with Crippen LogP contribution < -0.4 is 0 Å². The Morgan fingerprint density at radius 1 is 0.947 bits per heavy atom. The maximum atomic E-state index is 11.2. The molecule has 0 aliphatic rings. The summed E-state index contributed by atoms with van der Waals surface area (Å²) in [6.45, 7) is -0.379. The molecule has 0 aromatic rings. The molecule has 0 aliphatic carbocycles. The molecule has 0 aliphatic heterocycles. The van der Waals surface area contributed by atoms with E-state index < -0.39 is 19.8 Å². The van der Waals surface area contributed by atoms with Gasteiger partial charge in [-0.25, -0.2) is 14.2 Å². The highest BCUT2D eigenvalue weighted by molar-refractivity contribution is 7.48. The van der Waals surface area contributed by atoms with Gasteiger partial charge in [0.05, 0.1) is 0 Å². The van der Waals surface area contributed by atoms with Crippen molar-refractivity contribution >= 4 is 19.8 Å². The number of carbonyl (C=O) groups excluding carboxylic acids is 2. The van der Waals surface area contributed by atoms with Crippen LogP contribution in [0.5, 0.6) is 0 Å². The Morgan fingerprint density at radius 3 is 1.63 bits per heavy atom. The summed E-state index contributed by atoms with van der Waals surface area (Å²) in [6, 6.07) is 0. The summed E-state index contributed by atoms with van der Waals surface area (Å²) < 4.78 is 19.3. The van der Waals surface area contributed by atoms with Crippen molar-refractivity contribution in [1.82, 2.24) is 0 Å². The zero-order valence-electron chi connectivity index (χ0n) is 9.97. The van der Waals surface area contributed by atoms with E-state index in [2.05, 4.69) is 9.05 Å². The van der Waals surface area contributed by atoms with Crippen LogP contribution in [0.1, 0.15) is 12.8 Å². The van der Waals surface area contributed by atoms with Gasteiger partial charge in [-0.2, -0.15) is 0 Å². The molecule has 0 fully saturated rings. The minimum absolute atomic E-state index is 0.175. The molecular formula is C10H15O8P. The predicted molar refractivity (Wildman–Crippen MR) is 63.7 cm³/mol. The van der Waals surface area contributed by atoms with E-state index in [-0.39, 0.29) is 26.1 Å². The summed E-state index contributed by atoms with van der Waals surface area (Å²) in [5, 5.41) is 16.9.